The molecule has 5 nitrogen and oxygen atoms in total. The van der Waals surface area contributed by atoms with E-state index in [9.17, 15) is 15.2 Å². The SMILES string of the molecule is CN(/C=C(/C#N)C(=O)NCCc1ccc(O)cc1)c1ccccc1. The Kier molecular flexibility index (Phi) is 5.98. The van der Waals surface area contributed by atoms with Crippen molar-refractivity contribution >= 4 is 11.6 Å². The van der Waals surface area contributed by atoms with Crippen LogP contribution < -0.4 is 10.2 Å². The molecular formula is C19H19N3O2. The summed E-state index contributed by atoms with van der Waals surface area (Å²) in [5.74, 6) is -0.194. The number of carbonyl (C=O) groups excluding carboxylic acids is 1. The van der Waals surface area contributed by atoms with Gasteiger partial charge >= 0.3 is 0 Å². The third-order valence-electron chi connectivity index (χ3n) is 3.49. The number of para-hydroxylation sites is 1. The maximum atomic E-state index is 12.1. The van der Waals surface area contributed by atoms with E-state index in [4.69, 9.17) is 0 Å². The van der Waals surface area contributed by atoms with Crippen LogP contribution >= 0.6 is 0 Å². The second-order valence-electron chi connectivity index (χ2n) is 5.27. The van der Waals surface area contributed by atoms with Gasteiger partial charge < -0.3 is 15.3 Å². The Morgan fingerprint density at radius 2 is 1.88 bits per heavy atom. The van der Waals surface area contributed by atoms with Crippen LogP contribution in [0.25, 0.3) is 0 Å². The van der Waals surface area contributed by atoms with E-state index in [0.29, 0.717) is 13.0 Å². The lowest BCUT2D eigenvalue weighted by Crippen LogP contribution is -2.28. The van der Waals surface area contributed by atoms with Crippen LogP contribution in [-0.2, 0) is 11.2 Å². The number of phenolic OH excluding ortho intramolecular Hbond substituents is 1. The number of benzene rings is 2. The highest BCUT2D eigenvalue weighted by Gasteiger charge is 2.10. The Hall–Kier alpha value is -3.26. The first-order chi connectivity index (χ1) is 11.6. The van der Waals surface area contributed by atoms with Crippen LogP contribution in [0.5, 0.6) is 5.75 Å². The first-order valence-corrected chi connectivity index (χ1v) is 7.56. The molecule has 0 unspecified atom stereocenters. The second kappa shape index (κ2) is 8.39. The van der Waals surface area contributed by atoms with Crippen LogP contribution in [0.1, 0.15) is 5.56 Å². The molecule has 0 heterocycles. The number of nitrogens with zero attached hydrogens (tertiary/aromatic N) is 2. The zero-order chi connectivity index (χ0) is 17.4. The van der Waals surface area contributed by atoms with Crippen molar-refractivity contribution in [1.82, 2.24) is 5.32 Å². The fourth-order valence-electron chi connectivity index (χ4n) is 2.15. The Bertz CT molecular complexity index is 746. The lowest BCUT2D eigenvalue weighted by molar-refractivity contribution is -0.117. The van der Waals surface area contributed by atoms with E-state index in [0.717, 1.165) is 11.3 Å². The molecule has 0 aromatic heterocycles. The molecule has 2 aromatic rings. The zero-order valence-corrected chi connectivity index (χ0v) is 13.4. The third kappa shape index (κ3) is 4.89. The summed E-state index contributed by atoms with van der Waals surface area (Å²) < 4.78 is 0. The summed E-state index contributed by atoms with van der Waals surface area (Å²) >= 11 is 0. The molecule has 0 aliphatic rings. The first-order valence-electron chi connectivity index (χ1n) is 7.56. The van der Waals surface area contributed by atoms with Gasteiger partial charge in [-0.25, -0.2) is 0 Å². The van der Waals surface area contributed by atoms with E-state index >= 15 is 0 Å². The van der Waals surface area contributed by atoms with E-state index < -0.39 is 5.91 Å². The summed E-state index contributed by atoms with van der Waals surface area (Å²) in [5, 5.41) is 21.2. The van der Waals surface area contributed by atoms with Gasteiger partial charge in [0, 0.05) is 25.5 Å². The molecule has 1 amide bonds. The molecule has 2 N–H and O–H groups in total. The predicted octanol–water partition coefficient (Wildman–Crippen LogP) is 2.59. The van der Waals surface area contributed by atoms with Gasteiger partial charge in [0.25, 0.3) is 5.91 Å². The van der Waals surface area contributed by atoms with Crippen LogP contribution in [0.2, 0.25) is 0 Å². The molecule has 0 atom stereocenters. The molecule has 0 fully saturated rings. The molecule has 122 valence electrons. The standard InChI is InChI=1S/C19H19N3O2/c1-22(17-5-3-2-4-6-17)14-16(13-20)19(24)21-12-11-15-7-9-18(23)10-8-15/h2-10,14,23H,11-12H2,1H3,(H,21,24)/b16-14-. The van der Waals surface area contributed by atoms with Gasteiger partial charge in [0.05, 0.1) is 0 Å². The Morgan fingerprint density at radius 1 is 1.21 bits per heavy atom. The van der Waals surface area contributed by atoms with E-state index in [1.54, 1.807) is 36.2 Å². The average Bonchev–Trinajstić information content (AvgIpc) is 2.61. The van der Waals surface area contributed by atoms with Crippen LogP contribution in [0.4, 0.5) is 5.69 Å². The lowest BCUT2D eigenvalue weighted by atomic mass is 10.1. The van der Waals surface area contributed by atoms with Gasteiger partial charge in [0.1, 0.15) is 17.4 Å². The smallest absolute Gasteiger partial charge is 0.263 e. The van der Waals surface area contributed by atoms with Gasteiger partial charge in [-0.3, -0.25) is 4.79 Å². The lowest BCUT2D eigenvalue weighted by Gasteiger charge is -2.14. The number of hydrogen-bond acceptors (Lipinski definition) is 4. The third-order valence-corrected chi connectivity index (χ3v) is 3.49. The normalized spacial score (nSPS) is 10.8. The summed E-state index contributed by atoms with van der Waals surface area (Å²) in [6.07, 6.45) is 2.14. The van der Waals surface area contributed by atoms with Gasteiger partial charge in [-0.15, -0.1) is 0 Å². The fourth-order valence-corrected chi connectivity index (χ4v) is 2.15. The summed E-state index contributed by atoms with van der Waals surface area (Å²) in [7, 11) is 1.79. The van der Waals surface area contributed by atoms with Gasteiger partial charge in [-0.2, -0.15) is 5.26 Å². The molecule has 0 saturated heterocycles. The number of rotatable bonds is 6. The molecule has 24 heavy (non-hydrogen) atoms. The summed E-state index contributed by atoms with van der Waals surface area (Å²) in [6, 6.07) is 18.2. The summed E-state index contributed by atoms with van der Waals surface area (Å²) in [6.45, 7) is 0.414. The highest BCUT2D eigenvalue weighted by molar-refractivity contribution is 5.97. The van der Waals surface area contributed by atoms with Gasteiger partial charge in [0.2, 0.25) is 0 Å². The minimum atomic E-state index is -0.404. The second-order valence-corrected chi connectivity index (χ2v) is 5.27. The molecule has 2 aromatic carbocycles. The van der Waals surface area contributed by atoms with Crippen LogP contribution in [0, 0.1) is 11.3 Å². The van der Waals surface area contributed by atoms with E-state index in [1.165, 1.54) is 6.20 Å². The molecule has 0 aliphatic heterocycles. The van der Waals surface area contributed by atoms with Gasteiger partial charge in [0.15, 0.2) is 0 Å². The van der Waals surface area contributed by atoms with Gasteiger partial charge in [-0.1, -0.05) is 30.3 Å². The topological polar surface area (TPSA) is 76.4 Å². The Balaban J connectivity index is 1.92. The minimum Gasteiger partial charge on any atom is -0.508 e. The number of nitrogens with one attached hydrogen (secondary N) is 1. The molecule has 0 spiro atoms. The van der Waals surface area contributed by atoms with Crippen molar-refractivity contribution in [3.63, 3.8) is 0 Å². The summed E-state index contributed by atoms with van der Waals surface area (Å²) in [5.41, 5.74) is 1.94. The molecule has 2 rings (SSSR count). The van der Waals surface area contributed by atoms with Crippen molar-refractivity contribution in [2.45, 2.75) is 6.42 Å². The highest BCUT2D eigenvalue weighted by Crippen LogP contribution is 2.13. The van der Waals surface area contributed by atoms with Crippen molar-refractivity contribution in [2.75, 3.05) is 18.5 Å². The molecule has 0 bridgehead atoms. The van der Waals surface area contributed by atoms with Crippen LogP contribution in [0.3, 0.4) is 0 Å². The maximum absolute atomic E-state index is 12.1. The molecule has 0 radical (unpaired) electrons. The van der Waals surface area contributed by atoms with Crippen LogP contribution in [0.15, 0.2) is 66.4 Å². The number of anilines is 1. The molecule has 5 heteroatoms. The summed E-state index contributed by atoms with van der Waals surface area (Å²) in [4.78, 5) is 13.9. The quantitative estimate of drug-likeness (QED) is 0.633. The molecule has 0 saturated carbocycles. The minimum absolute atomic E-state index is 0.0482. The number of aromatic hydroxyl groups is 1. The van der Waals surface area contributed by atoms with Crippen LogP contribution in [-0.4, -0.2) is 24.6 Å². The van der Waals surface area contributed by atoms with E-state index in [-0.39, 0.29) is 11.3 Å². The maximum Gasteiger partial charge on any atom is 0.263 e. The van der Waals surface area contributed by atoms with Crippen molar-refractivity contribution in [3.05, 3.63) is 71.9 Å². The molecular weight excluding hydrogens is 302 g/mol. The van der Waals surface area contributed by atoms with Crippen molar-refractivity contribution in [3.8, 4) is 11.8 Å². The zero-order valence-electron chi connectivity index (χ0n) is 13.4. The van der Waals surface area contributed by atoms with E-state index in [1.807, 2.05) is 36.4 Å². The van der Waals surface area contributed by atoms with E-state index in [2.05, 4.69) is 5.32 Å². The molecule has 0 aliphatic carbocycles. The Morgan fingerprint density at radius 3 is 2.50 bits per heavy atom. The average molecular weight is 321 g/mol. The Labute approximate surface area is 141 Å². The van der Waals surface area contributed by atoms with Crippen molar-refractivity contribution < 1.29 is 9.90 Å². The monoisotopic (exact) mass is 321 g/mol. The fraction of sp³-hybridized carbons (Fsp3) is 0.158. The number of hydrogen-bond donors (Lipinski definition) is 2. The van der Waals surface area contributed by atoms with Crippen molar-refractivity contribution in [1.29, 1.82) is 5.26 Å². The largest absolute Gasteiger partial charge is 0.508 e. The van der Waals surface area contributed by atoms with Gasteiger partial charge in [-0.05, 0) is 36.2 Å². The number of nitriles is 1. The number of amides is 1. The highest BCUT2D eigenvalue weighted by atomic mass is 16.3. The first kappa shape index (κ1) is 17.1. The van der Waals surface area contributed by atoms with Crippen molar-refractivity contribution in [2.24, 2.45) is 0 Å². The number of phenols is 1. The predicted molar refractivity (Wildman–Crippen MR) is 93.4 cm³/mol. The number of carbonyl (C=O) groups is 1.